The lowest BCUT2D eigenvalue weighted by atomic mass is 9.73. The first-order chi connectivity index (χ1) is 25.2. The molecule has 266 valence electrons. The summed E-state index contributed by atoms with van der Waals surface area (Å²) in [6.45, 7) is 7.45. The Morgan fingerprint density at radius 1 is 0.981 bits per heavy atom. The lowest BCUT2D eigenvalue weighted by molar-refractivity contribution is -0.000518. The smallest absolute Gasteiger partial charge is 0.265 e. The number of carbonyl (C=O) groups excluding carboxylic acids is 2. The number of aliphatic hydroxyl groups excluding tert-OH is 1. The third-order valence-corrected chi connectivity index (χ3v) is 11.5. The minimum absolute atomic E-state index is 0.168. The topological polar surface area (TPSA) is 120 Å². The molecule has 1 spiro atoms. The van der Waals surface area contributed by atoms with Crippen LogP contribution in [0.3, 0.4) is 0 Å². The molecule has 52 heavy (non-hydrogen) atoms. The summed E-state index contributed by atoms with van der Waals surface area (Å²) in [6.07, 6.45) is 3.31. The summed E-state index contributed by atoms with van der Waals surface area (Å²) in [7, 11) is 0. The number of anilines is 4. The average molecular weight is 719 g/mol. The molecule has 0 bridgehead atoms. The maximum absolute atomic E-state index is 14.5. The van der Waals surface area contributed by atoms with Crippen LogP contribution in [-0.4, -0.2) is 59.7 Å². The van der Waals surface area contributed by atoms with Gasteiger partial charge in [-0.3, -0.25) is 14.6 Å². The van der Waals surface area contributed by atoms with Crippen LogP contribution in [0.2, 0.25) is 0 Å². The van der Waals surface area contributed by atoms with Crippen molar-refractivity contribution in [2.45, 2.75) is 39.3 Å². The number of fused-ring (bicyclic) bond motifs is 3. The molecule has 3 N–H and O–H groups in total. The number of para-hydroxylation sites is 1. The highest BCUT2D eigenvalue weighted by atomic mass is 32.1. The van der Waals surface area contributed by atoms with E-state index in [9.17, 15) is 19.1 Å². The van der Waals surface area contributed by atoms with Gasteiger partial charge in [0.1, 0.15) is 17.3 Å². The molecule has 2 saturated heterocycles. The second-order valence-corrected chi connectivity index (χ2v) is 15.0. The van der Waals surface area contributed by atoms with Gasteiger partial charge in [0.25, 0.3) is 11.8 Å². The fourth-order valence-corrected chi connectivity index (χ4v) is 8.53. The zero-order valence-electron chi connectivity index (χ0n) is 29.0. The number of thiophene rings is 1. The standard InChI is InChI=1S/C40H39FN6O4S/c1-24-5-3-6-30(41)33(24)45-38(49)32-21-27-14-18-47(31-7-4-17-42-34(31)35(27)52-32)39(50)26-9-11-28(12-10-26)44-37(48)29-13-8-25(2)43-36(29)46-22-40(23-46)15-19-51-20-16-40/h3-13,17,21,39,50H,14-16,18-20,22-23H2,1-2H3,(H,44,48)(H,45,49). The molecule has 12 heteroatoms. The average Bonchev–Trinajstić information content (AvgIpc) is 3.50. The van der Waals surface area contributed by atoms with Crippen molar-refractivity contribution >= 4 is 46.0 Å². The minimum atomic E-state index is -0.995. The first-order valence-electron chi connectivity index (χ1n) is 17.5. The molecule has 0 saturated carbocycles. The summed E-state index contributed by atoms with van der Waals surface area (Å²) in [5.41, 5.74) is 6.02. The number of hydrogen-bond acceptors (Lipinski definition) is 9. The molecular formula is C40H39FN6O4S. The van der Waals surface area contributed by atoms with Crippen molar-refractivity contribution in [3.05, 3.63) is 118 Å². The van der Waals surface area contributed by atoms with E-state index >= 15 is 0 Å². The Hall–Kier alpha value is -5.17. The molecule has 5 aromatic rings. The molecule has 2 aromatic carbocycles. The van der Waals surface area contributed by atoms with Gasteiger partial charge in [0.15, 0.2) is 6.23 Å². The van der Waals surface area contributed by atoms with E-state index < -0.39 is 12.0 Å². The third kappa shape index (κ3) is 6.42. The molecule has 3 aliphatic rings. The highest BCUT2D eigenvalue weighted by molar-refractivity contribution is 7.17. The zero-order valence-corrected chi connectivity index (χ0v) is 29.8. The Morgan fingerprint density at radius 2 is 1.77 bits per heavy atom. The number of rotatable bonds is 7. The van der Waals surface area contributed by atoms with Gasteiger partial charge in [-0.2, -0.15) is 0 Å². The van der Waals surface area contributed by atoms with Crippen LogP contribution in [-0.2, 0) is 11.2 Å². The van der Waals surface area contributed by atoms with Gasteiger partial charge in [-0.1, -0.05) is 24.3 Å². The maximum atomic E-state index is 14.5. The second kappa shape index (κ2) is 13.8. The number of aromatic nitrogens is 2. The van der Waals surface area contributed by atoms with Crippen molar-refractivity contribution < 1.29 is 23.8 Å². The quantitative estimate of drug-likeness (QED) is 0.163. The van der Waals surface area contributed by atoms with Crippen LogP contribution in [0.5, 0.6) is 0 Å². The zero-order chi connectivity index (χ0) is 36.0. The third-order valence-electron chi connectivity index (χ3n) is 10.4. The van der Waals surface area contributed by atoms with Gasteiger partial charge in [-0.15, -0.1) is 11.3 Å². The van der Waals surface area contributed by atoms with Gasteiger partial charge in [0.2, 0.25) is 0 Å². The van der Waals surface area contributed by atoms with Crippen LogP contribution >= 0.6 is 11.3 Å². The van der Waals surface area contributed by atoms with E-state index in [0.717, 1.165) is 61.0 Å². The molecule has 3 aromatic heterocycles. The van der Waals surface area contributed by atoms with Gasteiger partial charge >= 0.3 is 0 Å². The van der Waals surface area contributed by atoms with E-state index in [2.05, 4.69) is 20.5 Å². The molecule has 2 amide bonds. The van der Waals surface area contributed by atoms with Crippen molar-refractivity contribution in [2.75, 3.05) is 53.3 Å². The van der Waals surface area contributed by atoms with Gasteiger partial charge in [-0.25, -0.2) is 9.37 Å². The van der Waals surface area contributed by atoms with Gasteiger partial charge in [0.05, 0.1) is 26.7 Å². The number of benzene rings is 2. The Labute approximate surface area is 305 Å². The fraction of sp³-hybridized carbons (Fsp3) is 0.300. The number of pyridine rings is 2. The molecule has 0 aliphatic carbocycles. The molecular weight excluding hydrogens is 680 g/mol. The minimum Gasteiger partial charge on any atom is -0.381 e. The molecule has 8 rings (SSSR count). The Bertz CT molecular complexity index is 2140. The molecule has 6 heterocycles. The van der Waals surface area contributed by atoms with Crippen LogP contribution in [0.4, 0.5) is 27.3 Å². The van der Waals surface area contributed by atoms with Crippen molar-refractivity contribution in [1.29, 1.82) is 0 Å². The highest BCUT2D eigenvalue weighted by Gasteiger charge is 2.45. The van der Waals surface area contributed by atoms with E-state index in [4.69, 9.17) is 9.72 Å². The predicted octanol–water partition coefficient (Wildman–Crippen LogP) is 7.14. The van der Waals surface area contributed by atoms with E-state index in [0.29, 0.717) is 51.7 Å². The van der Waals surface area contributed by atoms with Crippen molar-refractivity contribution in [3.8, 4) is 10.6 Å². The van der Waals surface area contributed by atoms with Crippen molar-refractivity contribution in [2.24, 2.45) is 5.41 Å². The number of nitrogens with zero attached hydrogens (tertiary/aromatic N) is 4. The predicted molar refractivity (Wildman–Crippen MR) is 201 cm³/mol. The SMILES string of the molecule is Cc1ccc(C(=O)Nc2ccc(C(O)N3CCc4cc(C(=O)Nc5c(C)cccc5F)sc4-c4ncccc43)cc2)c(N2CC3(CCOCC3)C2)n1. The molecule has 0 radical (unpaired) electrons. The summed E-state index contributed by atoms with van der Waals surface area (Å²) in [6, 6.07) is 21.1. The molecule has 1 atom stereocenters. The van der Waals surface area contributed by atoms with E-state index in [1.54, 1.807) is 37.4 Å². The summed E-state index contributed by atoms with van der Waals surface area (Å²) in [5.74, 6) is -0.398. The summed E-state index contributed by atoms with van der Waals surface area (Å²) in [5, 5.41) is 17.5. The highest BCUT2D eigenvalue weighted by Crippen LogP contribution is 2.44. The maximum Gasteiger partial charge on any atom is 0.265 e. The first kappa shape index (κ1) is 33.9. The first-order valence-corrected chi connectivity index (χ1v) is 18.3. The molecule has 2 fully saturated rings. The number of aryl methyl sites for hydroxylation is 2. The molecule has 10 nitrogen and oxygen atoms in total. The Kier molecular flexibility index (Phi) is 8.98. The van der Waals surface area contributed by atoms with E-state index in [-0.39, 0.29) is 22.9 Å². The van der Waals surface area contributed by atoms with E-state index in [1.807, 2.05) is 54.3 Å². The molecule has 1 unspecified atom stereocenters. The summed E-state index contributed by atoms with van der Waals surface area (Å²) < 4.78 is 20.0. The number of nitrogens with one attached hydrogen (secondary N) is 2. The normalized spacial score (nSPS) is 16.7. The molecule has 3 aliphatic heterocycles. The van der Waals surface area contributed by atoms with E-state index in [1.165, 1.54) is 17.4 Å². The van der Waals surface area contributed by atoms with Gasteiger partial charge in [0, 0.05) is 61.4 Å². The number of halogens is 1. The van der Waals surface area contributed by atoms with Crippen LogP contribution in [0.1, 0.15) is 61.5 Å². The van der Waals surface area contributed by atoms with Crippen LogP contribution in [0.15, 0.2) is 79.0 Å². The summed E-state index contributed by atoms with van der Waals surface area (Å²) in [4.78, 5) is 41.6. The second-order valence-electron chi connectivity index (χ2n) is 13.9. The Balaban J connectivity index is 0.972. The number of hydrogen-bond donors (Lipinski definition) is 3. The Morgan fingerprint density at radius 3 is 2.54 bits per heavy atom. The number of carbonyl (C=O) groups is 2. The number of ether oxygens (including phenoxy) is 1. The van der Waals surface area contributed by atoms with Gasteiger partial charge < -0.3 is 30.3 Å². The largest absolute Gasteiger partial charge is 0.381 e. The van der Waals surface area contributed by atoms with Crippen molar-refractivity contribution in [1.82, 2.24) is 9.97 Å². The fourth-order valence-electron chi connectivity index (χ4n) is 7.42. The number of aliphatic hydroxyl groups is 1. The number of amides is 2. The van der Waals surface area contributed by atoms with Crippen LogP contribution < -0.4 is 20.4 Å². The van der Waals surface area contributed by atoms with Crippen molar-refractivity contribution in [3.63, 3.8) is 0 Å². The summed E-state index contributed by atoms with van der Waals surface area (Å²) >= 11 is 1.30. The monoisotopic (exact) mass is 718 g/mol. The lowest BCUT2D eigenvalue weighted by Crippen LogP contribution is -2.59. The van der Waals surface area contributed by atoms with Crippen LogP contribution in [0, 0.1) is 25.1 Å². The lowest BCUT2D eigenvalue weighted by Gasteiger charge is -2.53. The van der Waals surface area contributed by atoms with Crippen LogP contribution in [0.25, 0.3) is 10.6 Å². The van der Waals surface area contributed by atoms with Gasteiger partial charge in [-0.05, 0) is 92.8 Å².